The second-order valence-corrected chi connectivity index (χ2v) is 7.60. The molecular weight excluding hydrogens is 331 g/mol. The van der Waals surface area contributed by atoms with Crippen molar-refractivity contribution in [2.45, 2.75) is 36.5 Å². The van der Waals surface area contributed by atoms with Crippen LogP contribution in [0.25, 0.3) is 0 Å². The highest BCUT2D eigenvalue weighted by atomic mass is 32.2. The van der Waals surface area contributed by atoms with Gasteiger partial charge in [0.25, 0.3) is 0 Å². The molecule has 0 spiro atoms. The predicted molar refractivity (Wildman–Crippen MR) is 80.7 cm³/mol. The number of rotatable bonds is 4. The zero-order valence-electron chi connectivity index (χ0n) is 12.8. The summed E-state index contributed by atoms with van der Waals surface area (Å²) in [7, 11) is -2.19. The minimum absolute atomic E-state index is 0.0456. The van der Waals surface area contributed by atoms with Crippen molar-refractivity contribution in [1.29, 1.82) is 0 Å². The summed E-state index contributed by atoms with van der Waals surface area (Å²) in [6.45, 7) is -0.0456. The number of nitrogens with two attached hydrogens (primary N) is 1. The Morgan fingerprint density at radius 2 is 2.00 bits per heavy atom. The van der Waals surface area contributed by atoms with E-state index in [1.165, 1.54) is 6.07 Å². The van der Waals surface area contributed by atoms with Crippen molar-refractivity contribution in [3.63, 3.8) is 0 Å². The van der Waals surface area contributed by atoms with Crippen LogP contribution in [-0.2, 0) is 22.6 Å². The lowest BCUT2D eigenvalue weighted by atomic mass is 10.1. The van der Waals surface area contributed by atoms with Crippen LogP contribution in [0, 0.1) is 0 Å². The highest BCUT2D eigenvalue weighted by Crippen LogP contribution is 2.35. The first-order valence-corrected chi connectivity index (χ1v) is 8.82. The van der Waals surface area contributed by atoms with Crippen LogP contribution in [0.1, 0.15) is 24.0 Å². The molecule has 1 aromatic rings. The summed E-state index contributed by atoms with van der Waals surface area (Å²) in [6, 6.07) is 3.44. The number of halogens is 3. The van der Waals surface area contributed by atoms with E-state index in [9.17, 15) is 21.6 Å². The monoisotopic (exact) mass is 349 g/mol. The number of guanidine groups is 1. The molecular formula is C14H18F3N3O2S. The first-order chi connectivity index (χ1) is 10.5. The fraction of sp³-hybridized carbons (Fsp3) is 0.500. The van der Waals surface area contributed by atoms with Crippen LogP contribution in [0.5, 0.6) is 0 Å². The molecule has 9 heteroatoms. The van der Waals surface area contributed by atoms with Crippen LogP contribution >= 0.6 is 0 Å². The Hall–Kier alpha value is -1.77. The Kier molecular flexibility index (Phi) is 4.61. The first kappa shape index (κ1) is 17.6. The summed E-state index contributed by atoms with van der Waals surface area (Å²) in [4.78, 5) is 5.13. The predicted octanol–water partition coefficient (Wildman–Crippen LogP) is 2.02. The molecule has 2 rings (SSSR count). The van der Waals surface area contributed by atoms with Crippen LogP contribution in [0.15, 0.2) is 28.1 Å². The van der Waals surface area contributed by atoms with Crippen molar-refractivity contribution in [2.75, 3.05) is 13.3 Å². The van der Waals surface area contributed by atoms with Gasteiger partial charge in [0.15, 0.2) is 15.8 Å². The van der Waals surface area contributed by atoms with Gasteiger partial charge in [0.2, 0.25) is 0 Å². The third-order valence-electron chi connectivity index (χ3n) is 3.63. The van der Waals surface area contributed by atoms with Crippen LogP contribution < -0.4 is 5.73 Å². The molecule has 0 aliphatic heterocycles. The van der Waals surface area contributed by atoms with Crippen LogP contribution in [-0.4, -0.2) is 38.6 Å². The smallest absolute Gasteiger partial charge is 0.370 e. The summed E-state index contributed by atoms with van der Waals surface area (Å²) in [5.74, 6) is 0.258. The molecule has 0 unspecified atom stereocenters. The van der Waals surface area contributed by atoms with E-state index in [0.29, 0.717) is 6.04 Å². The molecule has 1 fully saturated rings. The second-order valence-electron chi connectivity index (χ2n) is 5.62. The second kappa shape index (κ2) is 6.03. The SMILES string of the molecule is CN(C(N)=NCc1ccc(S(C)(=O)=O)c(C(F)(F)F)c1)C1CC1. The number of alkyl halides is 3. The van der Waals surface area contributed by atoms with Gasteiger partial charge in [-0.25, -0.2) is 13.4 Å². The topological polar surface area (TPSA) is 75.8 Å². The van der Waals surface area contributed by atoms with Crippen LogP contribution in [0.3, 0.4) is 0 Å². The third kappa shape index (κ3) is 4.37. The van der Waals surface area contributed by atoms with Crippen LogP contribution in [0.2, 0.25) is 0 Å². The van der Waals surface area contributed by atoms with Crippen molar-refractivity contribution < 1.29 is 21.6 Å². The number of hydrogen-bond donors (Lipinski definition) is 1. The van der Waals surface area contributed by atoms with Gasteiger partial charge >= 0.3 is 6.18 Å². The molecule has 0 radical (unpaired) electrons. The molecule has 0 heterocycles. The summed E-state index contributed by atoms with van der Waals surface area (Å²) in [6.07, 6.45) is -1.96. The summed E-state index contributed by atoms with van der Waals surface area (Å²) in [5, 5.41) is 0. The number of nitrogens with zero attached hydrogens (tertiary/aromatic N) is 2. The zero-order valence-corrected chi connectivity index (χ0v) is 13.6. The van der Waals surface area contributed by atoms with Crippen molar-refractivity contribution in [3.05, 3.63) is 29.3 Å². The van der Waals surface area contributed by atoms with E-state index in [1.54, 1.807) is 11.9 Å². The van der Waals surface area contributed by atoms with Gasteiger partial charge in [-0.2, -0.15) is 13.2 Å². The molecule has 128 valence electrons. The Balaban J connectivity index is 2.29. The van der Waals surface area contributed by atoms with E-state index < -0.39 is 26.5 Å². The highest BCUT2D eigenvalue weighted by Gasteiger charge is 2.36. The molecule has 0 atom stereocenters. The number of benzene rings is 1. The third-order valence-corrected chi connectivity index (χ3v) is 4.78. The minimum Gasteiger partial charge on any atom is -0.370 e. The molecule has 0 bridgehead atoms. The summed E-state index contributed by atoms with van der Waals surface area (Å²) in [5.41, 5.74) is 4.86. The molecule has 0 aromatic heterocycles. The standard InChI is InChI=1S/C14H18F3N3O2S/c1-20(10-4-5-10)13(18)19-8-9-3-6-12(23(2,21)22)11(7-9)14(15,16)17/h3,6-7,10H,4-5,8H2,1-2H3,(H2,18,19). The average Bonchev–Trinajstić information content (AvgIpc) is 3.26. The molecule has 5 nitrogen and oxygen atoms in total. The maximum absolute atomic E-state index is 13.1. The molecule has 23 heavy (non-hydrogen) atoms. The van der Waals surface area contributed by atoms with Crippen molar-refractivity contribution >= 4 is 15.8 Å². The maximum Gasteiger partial charge on any atom is 0.417 e. The van der Waals surface area contributed by atoms with Gasteiger partial charge in [-0.05, 0) is 30.5 Å². The van der Waals surface area contributed by atoms with Crippen molar-refractivity contribution in [1.82, 2.24) is 4.90 Å². The number of aliphatic imine (C=N–C) groups is 1. The Bertz CT molecular complexity index is 725. The van der Waals surface area contributed by atoms with Crippen molar-refractivity contribution in [2.24, 2.45) is 10.7 Å². The first-order valence-electron chi connectivity index (χ1n) is 6.93. The zero-order chi connectivity index (χ0) is 17.4. The van der Waals surface area contributed by atoms with E-state index >= 15 is 0 Å². The van der Waals surface area contributed by atoms with E-state index in [4.69, 9.17) is 5.73 Å². The fourth-order valence-corrected chi connectivity index (χ4v) is 3.04. The van der Waals surface area contributed by atoms with E-state index in [2.05, 4.69) is 4.99 Å². The quantitative estimate of drug-likeness (QED) is 0.666. The maximum atomic E-state index is 13.1. The van der Waals surface area contributed by atoms with Crippen LogP contribution in [0.4, 0.5) is 13.2 Å². The molecule has 1 saturated carbocycles. The van der Waals surface area contributed by atoms with Gasteiger partial charge in [0.05, 0.1) is 17.0 Å². The molecule has 0 amide bonds. The molecule has 1 aliphatic carbocycles. The largest absolute Gasteiger partial charge is 0.417 e. The van der Waals surface area contributed by atoms with E-state index in [-0.39, 0.29) is 18.1 Å². The van der Waals surface area contributed by atoms with E-state index in [1.807, 2.05) is 0 Å². The summed E-state index contributed by atoms with van der Waals surface area (Å²) < 4.78 is 62.2. The molecule has 1 aromatic carbocycles. The fourth-order valence-electron chi connectivity index (χ4n) is 2.15. The Labute approximate surface area is 132 Å². The highest BCUT2D eigenvalue weighted by molar-refractivity contribution is 7.90. The number of hydrogen-bond acceptors (Lipinski definition) is 3. The van der Waals surface area contributed by atoms with Crippen molar-refractivity contribution in [3.8, 4) is 0 Å². The molecule has 0 saturated heterocycles. The van der Waals surface area contributed by atoms with E-state index in [0.717, 1.165) is 31.2 Å². The summed E-state index contributed by atoms with van der Waals surface area (Å²) >= 11 is 0. The van der Waals surface area contributed by atoms with Gasteiger partial charge in [-0.15, -0.1) is 0 Å². The Morgan fingerprint density at radius 3 is 2.48 bits per heavy atom. The van der Waals surface area contributed by atoms with Gasteiger partial charge in [0, 0.05) is 19.3 Å². The van der Waals surface area contributed by atoms with Gasteiger partial charge < -0.3 is 10.6 Å². The lowest BCUT2D eigenvalue weighted by molar-refractivity contribution is -0.139. The Morgan fingerprint density at radius 1 is 1.39 bits per heavy atom. The lowest BCUT2D eigenvalue weighted by Crippen LogP contribution is -2.35. The van der Waals surface area contributed by atoms with Gasteiger partial charge in [0.1, 0.15) is 0 Å². The molecule has 1 aliphatic rings. The van der Waals surface area contributed by atoms with Gasteiger partial charge in [-0.3, -0.25) is 0 Å². The number of sulfone groups is 1. The normalized spacial score (nSPS) is 16.5. The average molecular weight is 349 g/mol. The van der Waals surface area contributed by atoms with Gasteiger partial charge in [-0.1, -0.05) is 6.07 Å². The lowest BCUT2D eigenvalue weighted by Gasteiger charge is -2.17. The molecule has 2 N–H and O–H groups in total. The minimum atomic E-state index is -4.76.